The van der Waals surface area contributed by atoms with Gasteiger partial charge in [0.1, 0.15) is 23.2 Å². The van der Waals surface area contributed by atoms with E-state index in [9.17, 15) is 0 Å². The molecule has 1 unspecified atom stereocenters. The summed E-state index contributed by atoms with van der Waals surface area (Å²) < 4.78 is 8.89. The fourth-order valence-corrected chi connectivity index (χ4v) is 8.46. The van der Waals surface area contributed by atoms with E-state index in [0.717, 1.165) is 60.9 Å². The summed E-state index contributed by atoms with van der Waals surface area (Å²) in [7, 11) is 0. The van der Waals surface area contributed by atoms with E-state index >= 15 is 0 Å². The molecule has 10 rings (SSSR count). The molecule has 10 aromatic rings. The molecular weight excluding hydrogens is 703 g/mol. The highest BCUT2D eigenvalue weighted by molar-refractivity contribution is 7.25. The fourth-order valence-electron chi connectivity index (χ4n) is 7.25. The largest absolute Gasteiger partial charge is 0.456 e. The number of thiophene rings is 1. The molecule has 0 aliphatic carbocycles. The number of benzene rings is 8. The Kier molecular flexibility index (Phi) is 9.46. The predicted octanol–water partition coefficient (Wildman–Crippen LogP) is 13.3. The van der Waals surface area contributed by atoms with Gasteiger partial charge in [-0.15, -0.1) is 11.3 Å². The Labute approximate surface area is 330 Å². The Hall–Kier alpha value is -6.79. The summed E-state index contributed by atoms with van der Waals surface area (Å²) in [6, 6.07) is 64.9. The lowest BCUT2D eigenvalue weighted by atomic mass is 9.97. The van der Waals surface area contributed by atoms with Gasteiger partial charge in [-0.1, -0.05) is 152 Å². The van der Waals surface area contributed by atoms with Gasteiger partial charge in [-0.05, 0) is 87.8 Å². The number of nitrogens with zero attached hydrogens (tertiary/aromatic N) is 1. The Bertz CT molecular complexity index is 3000. The molecule has 0 spiro atoms. The highest BCUT2D eigenvalue weighted by atomic mass is 32.1. The molecule has 5 heteroatoms. The van der Waals surface area contributed by atoms with Gasteiger partial charge in [0.2, 0.25) is 0 Å². The minimum atomic E-state index is -0.546. The minimum Gasteiger partial charge on any atom is -0.456 e. The maximum Gasteiger partial charge on any atom is 0.136 e. The number of fused-ring (bicyclic) bond motifs is 6. The van der Waals surface area contributed by atoms with Crippen molar-refractivity contribution < 1.29 is 4.42 Å². The van der Waals surface area contributed by atoms with Gasteiger partial charge in [0.15, 0.2) is 0 Å². The molecule has 0 aliphatic rings. The van der Waals surface area contributed by atoms with Crippen molar-refractivity contribution in [3.05, 3.63) is 205 Å². The van der Waals surface area contributed by atoms with Gasteiger partial charge < -0.3 is 15.9 Å². The van der Waals surface area contributed by atoms with Gasteiger partial charge in [0, 0.05) is 36.5 Å². The average molecular weight is 742 g/mol. The van der Waals surface area contributed by atoms with Crippen LogP contribution in [-0.4, -0.2) is 5.84 Å². The van der Waals surface area contributed by atoms with Gasteiger partial charge >= 0.3 is 0 Å². The normalized spacial score (nSPS) is 12.2. The van der Waals surface area contributed by atoms with Gasteiger partial charge in [-0.2, -0.15) is 0 Å². The maximum absolute atomic E-state index is 6.40. The van der Waals surface area contributed by atoms with Crippen LogP contribution in [0, 0.1) is 6.92 Å². The molecule has 56 heavy (non-hydrogen) atoms. The van der Waals surface area contributed by atoms with Crippen LogP contribution in [0.25, 0.3) is 75.5 Å². The van der Waals surface area contributed by atoms with Crippen molar-refractivity contribution in [2.24, 2.45) is 16.5 Å². The summed E-state index contributed by atoms with van der Waals surface area (Å²) in [6.45, 7) is 2.14. The number of aryl methyl sites for hydroxylation is 1. The lowest BCUT2D eigenvalue weighted by Crippen LogP contribution is -2.18. The van der Waals surface area contributed by atoms with E-state index in [0.29, 0.717) is 5.84 Å². The van der Waals surface area contributed by atoms with Gasteiger partial charge in [0.25, 0.3) is 0 Å². The molecule has 0 fully saturated rings. The van der Waals surface area contributed by atoms with Crippen LogP contribution in [0.15, 0.2) is 197 Å². The minimum absolute atomic E-state index is 0.411. The molecule has 270 valence electrons. The van der Waals surface area contributed by atoms with Crippen LogP contribution in [0.3, 0.4) is 0 Å². The van der Waals surface area contributed by atoms with E-state index in [1.54, 1.807) is 0 Å². The summed E-state index contributed by atoms with van der Waals surface area (Å²) in [4.78, 5) is 4.58. The number of rotatable bonds is 6. The van der Waals surface area contributed by atoms with E-state index < -0.39 is 6.17 Å². The van der Waals surface area contributed by atoms with Crippen LogP contribution in [0.2, 0.25) is 0 Å². The molecule has 0 bridgehead atoms. The molecule has 0 radical (unpaired) electrons. The number of amidine groups is 1. The second-order valence-corrected chi connectivity index (χ2v) is 15.1. The molecule has 2 heterocycles. The second-order valence-electron chi connectivity index (χ2n) is 14.0. The Morgan fingerprint density at radius 2 is 1.04 bits per heavy atom. The summed E-state index contributed by atoms with van der Waals surface area (Å²) in [6.07, 6.45) is -0.546. The van der Waals surface area contributed by atoms with Crippen molar-refractivity contribution in [3.63, 3.8) is 0 Å². The third-order valence-electron chi connectivity index (χ3n) is 10.3. The number of hydrogen-bond acceptors (Lipinski definition) is 4. The van der Waals surface area contributed by atoms with E-state index in [4.69, 9.17) is 15.9 Å². The van der Waals surface area contributed by atoms with Gasteiger partial charge in [0.05, 0.1) is 0 Å². The van der Waals surface area contributed by atoms with Crippen LogP contribution < -0.4 is 11.5 Å². The first-order valence-corrected chi connectivity index (χ1v) is 19.5. The molecule has 0 aliphatic heterocycles. The molecule has 4 nitrogen and oxygen atoms in total. The van der Waals surface area contributed by atoms with Crippen molar-refractivity contribution in [2.45, 2.75) is 13.1 Å². The molecule has 0 amide bonds. The molecule has 4 N–H and O–H groups in total. The number of furan rings is 1. The topological polar surface area (TPSA) is 77.5 Å². The third-order valence-corrected chi connectivity index (χ3v) is 11.4. The standard InChI is InChI=1S/C38H29N3O.C13H10S/c39-37(28-17-13-26(14-18-28)25-7-2-1-3-8-25)41-38(40)29-19-15-27(16-20-29)30-9-6-10-31(23-30)32-21-22-34-33-11-4-5-12-35(33)42-36(34)24-32;1-9-6-7-11-10-4-2-3-5-12(10)14-13(11)8-9/h1-24,37H,39H2,(H2,40,41);2-8H,1H3. The zero-order valence-corrected chi connectivity index (χ0v) is 31.7. The maximum atomic E-state index is 6.40. The molecule has 2 aromatic heterocycles. The quantitative estimate of drug-likeness (QED) is 0.132. The Morgan fingerprint density at radius 1 is 0.482 bits per heavy atom. The number of aliphatic imine (C=N–C) groups is 1. The highest BCUT2D eigenvalue weighted by Gasteiger charge is 2.11. The Morgan fingerprint density at radius 3 is 1.84 bits per heavy atom. The number of nitrogens with two attached hydrogens (primary N) is 2. The third kappa shape index (κ3) is 7.09. The lowest BCUT2D eigenvalue weighted by molar-refractivity contribution is 0.669. The molecule has 0 saturated heterocycles. The van der Waals surface area contributed by atoms with E-state index in [-0.39, 0.29) is 0 Å². The van der Waals surface area contributed by atoms with Gasteiger partial charge in [-0.3, -0.25) is 0 Å². The first kappa shape index (κ1) is 34.9. The molecule has 1 atom stereocenters. The highest BCUT2D eigenvalue weighted by Crippen LogP contribution is 2.35. The lowest BCUT2D eigenvalue weighted by Gasteiger charge is -2.11. The van der Waals surface area contributed by atoms with Crippen molar-refractivity contribution in [1.82, 2.24) is 0 Å². The zero-order chi connectivity index (χ0) is 38.0. The smallest absolute Gasteiger partial charge is 0.136 e. The van der Waals surface area contributed by atoms with Crippen LogP contribution in [-0.2, 0) is 0 Å². The van der Waals surface area contributed by atoms with Crippen molar-refractivity contribution in [1.29, 1.82) is 0 Å². The first-order chi connectivity index (χ1) is 27.5. The van der Waals surface area contributed by atoms with E-state index in [2.05, 4.69) is 139 Å². The SMILES string of the molecule is Cc1ccc2c(c1)sc1ccccc12.N/C(=N\C(N)c1ccc(-c2ccccc2)cc1)c1ccc(-c2cccc(-c3ccc4c(c3)oc3ccccc34)c2)cc1. The predicted molar refractivity (Wildman–Crippen MR) is 238 cm³/mol. The van der Waals surface area contributed by atoms with Crippen molar-refractivity contribution in [2.75, 3.05) is 0 Å². The Balaban J connectivity index is 0.000000244. The van der Waals surface area contributed by atoms with Crippen LogP contribution in [0.1, 0.15) is 22.9 Å². The molecule has 0 saturated carbocycles. The molecular formula is C51H39N3OS. The first-order valence-electron chi connectivity index (χ1n) is 18.7. The number of hydrogen-bond donors (Lipinski definition) is 2. The van der Waals surface area contributed by atoms with E-state index in [1.807, 2.05) is 72.0 Å². The number of para-hydroxylation sites is 1. The monoisotopic (exact) mass is 741 g/mol. The van der Waals surface area contributed by atoms with Crippen LogP contribution in [0.5, 0.6) is 0 Å². The average Bonchev–Trinajstić information content (AvgIpc) is 3.82. The molecule has 8 aromatic carbocycles. The summed E-state index contributed by atoms with van der Waals surface area (Å²) >= 11 is 1.88. The van der Waals surface area contributed by atoms with E-state index in [1.165, 1.54) is 31.3 Å². The fraction of sp³-hybridized carbons (Fsp3) is 0.0392. The second kappa shape index (κ2) is 15.2. The van der Waals surface area contributed by atoms with Gasteiger partial charge in [-0.25, -0.2) is 4.99 Å². The summed E-state index contributed by atoms with van der Waals surface area (Å²) in [5, 5.41) is 5.03. The van der Waals surface area contributed by atoms with Crippen molar-refractivity contribution >= 4 is 59.3 Å². The van der Waals surface area contributed by atoms with Crippen LogP contribution in [0.4, 0.5) is 0 Å². The summed E-state index contributed by atoms with van der Waals surface area (Å²) in [5.74, 6) is 0.411. The summed E-state index contributed by atoms with van der Waals surface area (Å²) in [5.41, 5.74) is 24.4. The van der Waals surface area contributed by atoms with Crippen LogP contribution >= 0.6 is 11.3 Å². The van der Waals surface area contributed by atoms with Crippen molar-refractivity contribution in [3.8, 4) is 33.4 Å². The zero-order valence-electron chi connectivity index (χ0n) is 30.9.